The summed E-state index contributed by atoms with van der Waals surface area (Å²) in [6, 6.07) is 6.29. The molecule has 0 bridgehead atoms. The lowest BCUT2D eigenvalue weighted by molar-refractivity contribution is -0.138. The number of anilines is 1. The number of hydrogen-bond acceptors (Lipinski definition) is 15. The van der Waals surface area contributed by atoms with E-state index in [-0.39, 0.29) is 73.7 Å². The zero-order valence-electron chi connectivity index (χ0n) is 39.3. The molecule has 5 aromatic heterocycles. The number of nitrogens with one attached hydrogen (secondary N) is 1. The van der Waals surface area contributed by atoms with Crippen LogP contribution in [0.2, 0.25) is 0 Å². The Balaban J connectivity index is 1.13. The number of aryl methyl sites for hydroxylation is 4. The van der Waals surface area contributed by atoms with Gasteiger partial charge in [-0.05, 0) is 50.5 Å². The molecule has 0 atom stereocenters. The third-order valence-electron chi connectivity index (χ3n) is 11.7. The van der Waals surface area contributed by atoms with Crippen molar-refractivity contribution < 1.29 is 42.7 Å². The van der Waals surface area contributed by atoms with Gasteiger partial charge in [-0.15, -0.1) is 11.3 Å². The van der Waals surface area contributed by atoms with Gasteiger partial charge in [0.15, 0.2) is 11.7 Å². The van der Waals surface area contributed by atoms with Crippen molar-refractivity contribution in [1.29, 1.82) is 0 Å². The number of imidazole rings is 1. The van der Waals surface area contributed by atoms with E-state index in [4.69, 9.17) is 40.3 Å². The van der Waals surface area contributed by atoms with Crippen LogP contribution in [0.1, 0.15) is 80.2 Å². The fourth-order valence-corrected chi connectivity index (χ4v) is 9.20. The van der Waals surface area contributed by atoms with Gasteiger partial charge in [0.05, 0.1) is 46.0 Å². The van der Waals surface area contributed by atoms with Gasteiger partial charge in [0.1, 0.15) is 22.7 Å². The topological polar surface area (TPSA) is 279 Å². The molecule has 0 spiro atoms. The van der Waals surface area contributed by atoms with E-state index < -0.39 is 29.5 Å². The average Bonchev–Trinajstić information content (AvgIpc) is 4.16. The summed E-state index contributed by atoms with van der Waals surface area (Å²) in [4.78, 5) is 103. The first-order valence-electron chi connectivity index (χ1n) is 22.4. The van der Waals surface area contributed by atoms with Crippen molar-refractivity contribution in [2.24, 2.45) is 11.5 Å². The quantitative estimate of drug-likeness (QED) is 0.0513. The first-order chi connectivity index (χ1) is 33.6. The molecule has 21 nitrogen and oxygen atoms in total. The number of ether oxygens (including phenoxy) is 2. The van der Waals surface area contributed by atoms with Gasteiger partial charge < -0.3 is 39.4 Å². The summed E-state index contributed by atoms with van der Waals surface area (Å²) >= 11 is 1.51. The van der Waals surface area contributed by atoms with Gasteiger partial charge in [-0.1, -0.05) is 26.0 Å². The molecule has 362 valence electrons. The Morgan fingerprint density at radius 2 is 1.54 bits per heavy atom. The summed E-state index contributed by atoms with van der Waals surface area (Å²) in [6.45, 7) is 8.14. The third-order valence-corrected chi connectivity index (χ3v) is 12.7. The maximum absolute atomic E-state index is 13.9. The van der Waals surface area contributed by atoms with Gasteiger partial charge in [-0.3, -0.25) is 39.0 Å². The number of hydrogen-bond donors (Lipinski definition) is 3. The Morgan fingerprint density at radius 3 is 2.23 bits per heavy atom. The van der Waals surface area contributed by atoms with Crippen LogP contribution >= 0.6 is 11.3 Å². The summed E-state index contributed by atoms with van der Waals surface area (Å²) in [6.07, 6.45) is 9.26. The second-order valence-electron chi connectivity index (χ2n) is 16.3. The highest BCUT2D eigenvalue weighted by molar-refractivity contribution is 7.15. The molecule has 1 aliphatic rings. The SMILES string of the molecule is CCc1nc(C)oc1C(=O)Nc1nc2cc(C(N)=O)cc(OCCCN(C)C(=O)CCN3C(=O)C=CC3=O)c2n1C/C=C/Cn1c2nc(-c3sc(C)nc3CC)ncc2c2cc(C(N)=O)cc(OC)c21. The fourth-order valence-electron chi connectivity index (χ4n) is 8.25. The van der Waals surface area contributed by atoms with E-state index in [0.29, 0.717) is 75.4 Å². The standard InChI is InChI=1S/C48H50N12O9S/c1-7-31-41(69-25(3)52-31)47(66)56-48-54-33-21-28(44(50)65)23-35(68-19-11-15-57(5)36(61)14-18-58-37(62)12-13-38(58)63)40(33)60(48)17-10-9-16-59-39-29(20-27(43(49)64)22-34(39)67-6)30-24-51-45(55-46(30)59)42-32(8-2)53-26(4)70-42/h9-10,12-13,20-24H,7-8,11,14-19H2,1-6H3,(H2,49,64)(H2,50,65)(H,54,56,66)/b10-9+. The number of methoxy groups -OCH3 is 1. The number of primary amides is 2. The number of oxazole rings is 1. The largest absolute Gasteiger partial charge is 0.495 e. The lowest BCUT2D eigenvalue weighted by Gasteiger charge is -2.19. The van der Waals surface area contributed by atoms with Crippen molar-refractivity contribution in [3.63, 3.8) is 0 Å². The van der Waals surface area contributed by atoms with Crippen molar-refractivity contribution in [2.75, 3.05) is 39.2 Å². The van der Waals surface area contributed by atoms with Crippen LogP contribution in [0.3, 0.4) is 0 Å². The number of aromatic nitrogens is 7. The number of imide groups is 1. The molecule has 0 unspecified atom stereocenters. The fraction of sp³-hybridized carbons (Fsp3) is 0.312. The maximum atomic E-state index is 13.9. The molecule has 0 fully saturated rings. The molecule has 5 N–H and O–H groups in total. The van der Waals surface area contributed by atoms with E-state index in [9.17, 15) is 28.8 Å². The van der Waals surface area contributed by atoms with Crippen molar-refractivity contribution in [2.45, 2.75) is 66.5 Å². The van der Waals surface area contributed by atoms with E-state index in [1.807, 2.05) is 37.5 Å². The van der Waals surface area contributed by atoms with Gasteiger partial charge in [0, 0.05) is 86.8 Å². The highest BCUT2D eigenvalue weighted by Gasteiger charge is 2.26. The molecule has 0 saturated carbocycles. The summed E-state index contributed by atoms with van der Waals surface area (Å²) < 4.78 is 21.5. The molecule has 8 rings (SSSR count). The van der Waals surface area contributed by atoms with Crippen LogP contribution in [0, 0.1) is 13.8 Å². The zero-order valence-corrected chi connectivity index (χ0v) is 40.1. The molecule has 6 amide bonds. The van der Waals surface area contributed by atoms with E-state index in [1.165, 1.54) is 47.6 Å². The number of nitrogens with zero attached hydrogens (tertiary/aromatic N) is 9. The summed E-state index contributed by atoms with van der Waals surface area (Å²) in [7, 11) is 3.12. The second kappa shape index (κ2) is 20.1. The highest BCUT2D eigenvalue weighted by Crippen LogP contribution is 2.38. The van der Waals surface area contributed by atoms with Crippen LogP contribution in [-0.4, -0.2) is 113 Å². The van der Waals surface area contributed by atoms with E-state index >= 15 is 0 Å². The number of amides is 6. The molecule has 22 heteroatoms. The van der Waals surface area contributed by atoms with Crippen molar-refractivity contribution in [1.82, 2.24) is 43.9 Å². The van der Waals surface area contributed by atoms with Gasteiger partial charge in [-0.2, -0.15) is 0 Å². The van der Waals surface area contributed by atoms with Crippen LogP contribution in [0.25, 0.3) is 43.7 Å². The number of carbonyl (C=O) groups excluding carboxylic acids is 6. The monoisotopic (exact) mass is 970 g/mol. The van der Waals surface area contributed by atoms with Gasteiger partial charge >= 0.3 is 0 Å². The smallest absolute Gasteiger partial charge is 0.295 e. The van der Waals surface area contributed by atoms with E-state index in [0.717, 1.165) is 20.5 Å². The minimum absolute atomic E-state index is 0.0260. The summed E-state index contributed by atoms with van der Waals surface area (Å²) in [5.74, 6) is -1.57. The van der Waals surface area contributed by atoms with Crippen LogP contribution in [0.4, 0.5) is 5.95 Å². The minimum atomic E-state index is -0.736. The summed E-state index contributed by atoms with van der Waals surface area (Å²) in [5, 5.41) is 5.09. The van der Waals surface area contributed by atoms with E-state index in [1.54, 1.807) is 36.9 Å². The average molecular weight is 971 g/mol. The molecule has 7 aromatic rings. The Kier molecular flexibility index (Phi) is 13.9. The zero-order chi connectivity index (χ0) is 50.0. The Hall–Kier alpha value is -8.27. The van der Waals surface area contributed by atoms with Crippen LogP contribution in [0.5, 0.6) is 11.5 Å². The predicted molar refractivity (Wildman–Crippen MR) is 260 cm³/mol. The molecular weight excluding hydrogens is 921 g/mol. The molecule has 1 aliphatic heterocycles. The van der Waals surface area contributed by atoms with E-state index in [2.05, 4.69) is 15.3 Å². The highest BCUT2D eigenvalue weighted by atomic mass is 32.1. The third kappa shape index (κ3) is 9.57. The number of fused-ring (bicyclic) bond motifs is 4. The Bertz CT molecular complexity index is 3310. The van der Waals surface area contributed by atoms with Crippen LogP contribution in [-0.2, 0) is 40.3 Å². The number of thiazole rings is 1. The predicted octanol–water partition coefficient (Wildman–Crippen LogP) is 5.04. The van der Waals surface area contributed by atoms with Crippen LogP contribution < -0.4 is 26.3 Å². The normalized spacial score (nSPS) is 12.6. The number of nitrogens with two attached hydrogens (primary N) is 2. The number of carbonyl (C=O) groups is 6. The first-order valence-corrected chi connectivity index (χ1v) is 23.2. The number of allylic oxidation sites excluding steroid dienone is 2. The molecular formula is C48H50N12O9S. The van der Waals surface area contributed by atoms with Crippen molar-refractivity contribution >= 4 is 85.7 Å². The molecule has 6 heterocycles. The second-order valence-corrected chi connectivity index (χ2v) is 17.5. The van der Waals surface area contributed by atoms with Gasteiger partial charge in [0.25, 0.3) is 17.7 Å². The lowest BCUT2D eigenvalue weighted by Crippen LogP contribution is -2.36. The molecule has 70 heavy (non-hydrogen) atoms. The number of benzene rings is 2. The summed E-state index contributed by atoms with van der Waals surface area (Å²) in [5.41, 5.74) is 15.2. The molecule has 0 aliphatic carbocycles. The van der Waals surface area contributed by atoms with Gasteiger partial charge in [0.2, 0.25) is 29.4 Å². The Labute approximate surface area is 404 Å². The Morgan fingerprint density at radius 1 is 0.857 bits per heavy atom. The molecule has 0 saturated heterocycles. The lowest BCUT2D eigenvalue weighted by atomic mass is 10.1. The first kappa shape index (κ1) is 48.2. The van der Waals surface area contributed by atoms with Gasteiger partial charge in [-0.25, -0.2) is 24.9 Å². The molecule has 0 radical (unpaired) electrons. The minimum Gasteiger partial charge on any atom is -0.495 e. The van der Waals surface area contributed by atoms with Crippen molar-refractivity contribution in [3.05, 3.63) is 93.9 Å². The van der Waals surface area contributed by atoms with Crippen LogP contribution in [0.15, 0.2) is 59.2 Å². The number of rotatable bonds is 20. The van der Waals surface area contributed by atoms with Crippen molar-refractivity contribution in [3.8, 4) is 22.2 Å². The molecule has 2 aromatic carbocycles. The maximum Gasteiger partial charge on any atom is 0.295 e.